The third kappa shape index (κ3) is 5.23. The Kier molecular flexibility index (Phi) is 7.06. The SMILES string of the molecule is OC[C@H]1CCCCN1CCCOCCc1ccccc1. The molecule has 0 aromatic heterocycles. The number of benzene rings is 1. The van der Waals surface area contributed by atoms with Crippen LogP contribution in [0, 0.1) is 0 Å². The largest absolute Gasteiger partial charge is 0.395 e. The molecule has 0 amide bonds. The molecule has 20 heavy (non-hydrogen) atoms. The first-order valence-electron chi connectivity index (χ1n) is 7.86. The summed E-state index contributed by atoms with van der Waals surface area (Å²) in [5, 5.41) is 9.36. The van der Waals surface area contributed by atoms with Crippen LogP contribution in [0.4, 0.5) is 0 Å². The van der Waals surface area contributed by atoms with Crippen molar-refractivity contribution >= 4 is 0 Å². The highest BCUT2D eigenvalue weighted by Gasteiger charge is 2.20. The average Bonchev–Trinajstić information content (AvgIpc) is 2.52. The van der Waals surface area contributed by atoms with Crippen molar-refractivity contribution in [2.75, 3.05) is 32.9 Å². The maximum absolute atomic E-state index is 9.36. The number of aliphatic hydroxyl groups is 1. The van der Waals surface area contributed by atoms with Gasteiger partial charge < -0.3 is 9.84 Å². The van der Waals surface area contributed by atoms with E-state index in [4.69, 9.17) is 4.74 Å². The molecule has 1 fully saturated rings. The van der Waals surface area contributed by atoms with Crippen molar-refractivity contribution in [1.29, 1.82) is 0 Å². The van der Waals surface area contributed by atoms with Crippen molar-refractivity contribution in [1.82, 2.24) is 4.90 Å². The van der Waals surface area contributed by atoms with E-state index in [1.807, 2.05) is 6.07 Å². The van der Waals surface area contributed by atoms with Crippen LogP contribution >= 0.6 is 0 Å². The number of likely N-dealkylation sites (tertiary alicyclic amines) is 1. The Morgan fingerprint density at radius 3 is 2.80 bits per heavy atom. The quantitative estimate of drug-likeness (QED) is 0.741. The molecular formula is C17H27NO2. The molecule has 0 unspecified atom stereocenters. The van der Waals surface area contributed by atoms with Crippen LogP contribution in [-0.2, 0) is 11.2 Å². The summed E-state index contributed by atoms with van der Waals surface area (Å²) in [4.78, 5) is 2.42. The highest BCUT2D eigenvalue weighted by molar-refractivity contribution is 5.14. The van der Waals surface area contributed by atoms with Gasteiger partial charge >= 0.3 is 0 Å². The molecule has 1 aliphatic rings. The number of rotatable bonds is 8. The number of hydrogen-bond donors (Lipinski definition) is 1. The van der Waals surface area contributed by atoms with E-state index in [0.717, 1.165) is 45.6 Å². The average molecular weight is 277 g/mol. The van der Waals surface area contributed by atoms with E-state index in [0.29, 0.717) is 12.6 Å². The molecule has 1 saturated heterocycles. The van der Waals surface area contributed by atoms with Gasteiger partial charge in [-0.25, -0.2) is 0 Å². The van der Waals surface area contributed by atoms with Crippen LogP contribution in [0.2, 0.25) is 0 Å². The van der Waals surface area contributed by atoms with E-state index in [9.17, 15) is 5.11 Å². The van der Waals surface area contributed by atoms with Crippen molar-refractivity contribution in [3.05, 3.63) is 35.9 Å². The monoisotopic (exact) mass is 277 g/mol. The van der Waals surface area contributed by atoms with E-state index in [1.54, 1.807) is 0 Å². The highest BCUT2D eigenvalue weighted by Crippen LogP contribution is 2.16. The van der Waals surface area contributed by atoms with Gasteiger partial charge in [0.15, 0.2) is 0 Å². The Balaban J connectivity index is 1.53. The fraction of sp³-hybridized carbons (Fsp3) is 0.647. The molecule has 1 heterocycles. The first-order valence-corrected chi connectivity index (χ1v) is 7.86. The first-order chi connectivity index (χ1) is 9.90. The van der Waals surface area contributed by atoms with Gasteiger partial charge in [-0.2, -0.15) is 0 Å². The Hall–Kier alpha value is -0.900. The standard InChI is InChI=1S/C17H27NO2/c19-15-17-9-4-5-11-18(17)12-6-13-20-14-10-16-7-2-1-3-8-16/h1-3,7-8,17,19H,4-6,9-15H2/t17-/m1/s1. The van der Waals surface area contributed by atoms with Crippen molar-refractivity contribution in [3.63, 3.8) is 0 Å². The second kappa shape index (κ2) is 9.11. The zero-order chi connectivity index (χ0) is 14.0. The van der Waals surface area contributed by atoms with E-state index in [1.165, 1.54) is 18.4 Å². The molecule has 1 N–H and O–H groups in total. The van der Waals surface area contributed by atoms with E-state index >= 15 is 0 Å². The van der Waals surface area contributed by atoms with Gasteiger partial charge in [-0.15, -0.1) is 0 Å². The van der Waals surface area contributed by atoms with Crippen LogP contribution in [0.5, 0.6) is 0 Å². The van der Waals surface area contributed by atoms with Crippen LogP contribution < -0.4 is 0 Å². The second-order valence-corrected chi connectivity index (χ2v) is 5.57. The maximum Gasteiger partial charge on any atom is 0.0586 e. The minimum Gasteiger partial charge on any atom is -0.395 e. The topological polar surface area (TPSA) is 32.7 Å². The molecule has 1 aromatic rings. The fourth-order valence-corrected chi connectivity index (χ4v) is 2.87. The summed E-state index contributed by atoms with van der Waals surface area (Å²) < 4.78 is 5.71. The summed E-state index contributed by atoms with van der Waals surface area (Å²) in [7, 11) is 0. The van der Waals surface area contributed by atoms with Gasteiger partial charge in [0, 0.05) is 19.2 Å². The molecule has 0 bridgehead atoms. The number of nitrogens with zero attached hydrogens (tertiary/aromatic N) is 1. The van der Waals surface area contributed by atoms with Crippen LogP contribution in [0.15, 0.2) is 30.3 Å². The Labute approximate surface area is 122 Å². The molecule has 1 atom stereocenters. The van der Waals surface area contributed by atoms with Crippen LogP contribution in [0.3, 0.4) is 0 Å². The lowest BCUT2D eigenvalue weighted by atomic mass is 10.0. The smallest absolute Gasteiger partial charge is 0.0586 e. The van der Waals surface area contributed by atoms with Gasteiger partial charge in [-0.1, -0.05) is 36.8 Å². The Morgan fingerprint density at radius 1 is 1.15 bits per heavy atom. The van der Waals surface area contributed by atoms with Gasteiger partial charge in [-0.3, -0.25) is 4.90 Å². The lowest BCUT2D eigenvalue weighted by Crippen LogP contribution is -2.42. The number of piperidine rings is 1. The zero-order valence-corrected chi connectivity index (χ0v) is 12.3. The molecule has 0 aliphatic carbocycles. The third-order valence-corrected chi connectivity index (χ3v) is 4.07. The zero-order valence-electron chi connectivity index (χ0n) is 12.3. The molecule has 0 spiro atoms. The second-order valence-electron chi connectivity index (χ2n) is 5.57. The lowest BCUT2D eigenvalue weighted by Gasteiger charge is -2.34. The number of aliphatic hydroxyl groups excluding tert-OH is 1. The summed E-state index contributed by atoms with van der Waals surface area (Å²) in [6.07, 6.45) is 5.72. The van der Waals surface area contributed by atoms with Gasteiger partial charge in [0.2, 0.25) is 0 Å². The van der Waals surface area contributed by atoms with Crippen molar-refractivity contribution < 1.29 is 9.84 Å². The van der Waals surface area contributed by atoms with Gasteiger partial charge in [0.1, 0.15) is 0 Å². The molecule has 2 rings (SSSR count). The molecule has 3 heteroatoms. The van der Waals surface area contributed by atoms with Gasteiger partial charge in [-0.05, 0) is 37.8 Å². The van der Waals surface area contributed by atoms with Crippen molar-refractivity contribution in [2.45, 2.75) is 38.1 Å². The van der Waals surface area contributed by atoms with Crippen LogP contribution in [0.1, 0.15) is 31.2 Å². The predicted octanol–water partition coefficient (Wildman–Crippen LogP) is 2.48. The van der Waals surface area contributed by atoms with Gasteiger partial charge in [0.25, 0.3) is 0 Å². The van der Waals surface area contributed by atoms with Gasteiger partial charge in [0.05, 0.1) is 13.2 Å². The van der Waals surface area contributed by atoms with E-state index < -0.39 is 0 Å². The van der Waals surface area contributed by atoms with Crippen LogP contribution in [0.25, 0.3) is 0 Å². The molecule has 0 radical (unpaired) electrons. The molecule has 3 nitrogen and oxygen atoms in total. The van der Waals surface area contributed by atoms with Crippen molar-refractivity contribution in [2.24, 2.45) is 0 Å². The first kappa shape index (κ1) is 15.5. The predicted molar refractivity (Wildman–Crippen MR) is 81.9 cm³/mol. The molecule has 112 valence electrons. The summed E-state index contributed by atoms with van der Waals surface area (Å²) in [6, 6.07) is 10.8. The number of ether oxygens (including phenoxy) is 1. The molecule has 0 saturated carbocycles. The van der Waals surface area contributed by atoms with Crippen LogP contribution in [-0.4, -0.2) is 49.0 Å². The highest BCUT2D eigenvalue weighted by atomic mass is 16.5. The van der Waals surface area contributed by atoms with E-state index in [2.05, 4.69) is 29.2 Å². The summed E-state index contributed by atoms with van der Waals surface area (Å²) >= 11 is 0. The normalized spacial score (nSPS) is 20.1. The Morgan fingerprint density at radius 2 is 2.00 bits per heavy atom. The Bertz CT molecular complexity index is 355. The lowest BCUT2D eigenvalue weighted by molar-refractivity contribution is 0.0721. The summed E-state index contributed by atoms with van der Waals surface area (Å²) in [6.45, 7) is 4.11. The van der Waals surface area contributed by atoms with Crippen molar-refractivity contribution in [3.8, 4) is 0 Å². The molecular weight excluding hydrogens is 250 g/mol. The number of hydrogen-bond acceptors (Lipinski definition) is 3. The minimum atomic E-state index is 0.300. The summed E-state index contributed by atoms with van der Waals surface area (Å²) in [5.41, 5.74) is 1.34. The van der Waals surface area contributed by atoms with E-state index in [-0.39, 0.29) is 0 Å². The minimum absolute atomic E-state index is 0.300. The third-order valence-electron chi connectivity index (χ3n) is 4.07. The fourth-order valence-electron chi connectivity index (χ4n) is 2.87. The molecule has 1 aromatic carbocycles. The maximum atomic E-state index is 9.36. The summed E-state index contributed by atoms with van der Waals surface area (Å²) in [5.74, 6) is 0. The molecule has 1 aliphatic heterocycles.